The number of allylic oxidation sites excluding steroid dienone is 1. The first-order valence-corrected chi connectivity index (χ1v) is 27.9. The summed E-state index contributed by atoms with van der Waals surface area (Å²) < 4.78 is 22.7. The van der Waals surface area contributed by atoms with Gasteiger partial charge >= 0.3 is 0 Å². The van der Waals surface area contributed by atoms with E-state index in [1.54, 1.807) is 6.08 Å². The predicted octanol–water partition coefficient (Wildman–Crippen LogP) is 8.33. The molecule has 1 amide bonds. The average molecular weight is 974 g/mol. The molecule has 12 atom stereocenters. The number of hydrogen-bond donors (Lipinski definition) is 9. The van der Waals surface area contributed by atoms with Gasteiger partial charge < -0.3 is 65.1 Å². The highest BCUT2D eigenvalue weighted by molar-refractivity contribution is 5.76. The molecule has 0 aromatic heterocycles. The first kappa shape index (κ1) is 62.8. The van der Waals surface area contributed by atoms with E-state index in [0.29, 0.717) is 6.42 Å². The van der Waals surface area contributed by atoms with Crippen molar-refractivity contribution in [1.82, 2.24) is 5.32 Å². The first-order valence-electron chi connectivity index (χ1n) is 27.9. The van der Waals surface area contributed by atoms with Gasteiger partial charge in [0.25, 0.3) is 0 Å². The maximum absolute atomic E-state index is 13.2. The average Bonchev–Trinajstić information content (AvgIpc) is 3.34. The molecule has 2 aliphatic rings. The van der Waals surface area contributed by atoms with Gasteiger partial charge in [0.15, 0.2) is 12.6 Å². The lowest BCUT2D eigenvalue weighted by atomic mass is 9.97. The summed E-state index contributed by atoms with van der Waals surface area (Å²) in [7, 11) is 0. The molecule has 9 N–H and O–H groups in total. The van der Waals surface area contributed by atoms with Gasteiger partial charge in [-0.3, -0.25) is 4.79 Å². The molecule has 14 heteroatoms. The highest BCUT2D eigenvalue weighted by Crippen LogP contribution is 2.30. The van der Waals surface area contributed by atoms with Crippen LogP contribution in [0.3, 0.4) is 0 Å². The lowest BCUT2D eigenvalue weighted by molar-refractivity contribution is -0.359. The van der Waals surface area contributed by atoms with Crippen LogP contribution in [0.25, 0.3) is 0 Å². The lowest BCUT2D eigenvalue weighted by Gasteiger charge is -2.46. The lowest BCUT2D eigenvalue weighted by Crippen LogP contribution is -2.65. The van der Waals surface area contributed by atoms with Gasteiger partial charge in [0.2, 0.25) is 5.91 Å². The number of unbranched alkanes of at least 4 members (excludes halogenated alkanes) is 31. The number of ether oxygens (including phenoxy) is 4. The summed E-state index contributed by atoms with van der Waals surface area (Å²) in [4.78, 5) is 13.2. The van der Waals surface area contributed by atoms with E-state index in [0.717, 1.165) is 38.5 Å². The van der Waals surface area contributed by atoms with Crippen molar-refractivity contribution in [2.24, 2.45) is 0 Å². The van der Waals surface area contributed by atoms with Crippen molar-refractivity contribution in [1.29, 1.82) is 0 Å². The highest BCUT2D eigenvalue weighted by atomic mass is 16.7. The molecule has 2 fully saturated rings. The largest absolute Gasteiger partial charge is 0.394 e. The standard InChI is InChI=1S/C54H103NO13/c1-3-5-7-9-11-13-15-16-17-18-19-20-21-22-23-24-25-26-28-30-32-34-36-38-46(59)55-42(43(58)37-35-33-31-29-27-14-12-10-8-6-4-2)41-65-53-51(64)49(62)52(45(40-57)67-53)68-54-50(63)48(61)47(60)44(39-56)66-54/h35,37,42-45,47-54,56-58,60-64H,3-34,36,38-41H2,1-2H3,(H,55,59)/b37-35+. The zero-order valence-corrected chi connectivity index (χ0v) is 42.9. The van der Waals surface area contributed by atoms with E-state index in [4.69, 9.17) is 18.9 Å². The number of nitrogens with one attached hydrogen (secondary N) is 1. The summed E-state index contributed by atoms with van der Waals surface area (Å²) >= 11 is 0. The van der Waals surface area contributed by atoms with Gasteiger partial charge in [0.1, 0.15) is 48.8 Å². The third kappa shape index (κ3) is 27.5. The molecule has 2 aliphatic heterocycles. The molecule has 0 aromatic rings. The fourth-order valence-corrected chi connectivity index (χ4v) is 9.41. The van der Waals surface area contributed by atoms with E-state index in [1.165, 1.54) is 167 Å². The Morgan fingerprint density at radius 1 is 0.515 bits per heavy atom. The maximum atomic E-state index is 13.2. The molecule has 12 unspecified atom stereocenters. The van der Waals surface area contributed by atoms with Crippen LogP contribution < -0.4 is 5.32 Å². The molecular weight excluding hydrogens is 871 g/mol. The third-order valence-corrected chi connectivity index (χ3v) is 14.0. The zero-order valence-electron chi connectivity index (χ0n) is 42.9. The molecule has 2 heterocycles. The number of rotatable bonds is 44. The first-order chi connectivity index (χ1) is 33.1. The van der Waals surface area contributed by atoms with E-state index in [9.17, 15) is 45.6 Å². The molecule has 0 aromatic carbocycles. The summed E-state index contributed by atoms with van der Waals surface area (Å²) in [6.07, 6.45) is 28.3. The summed E-state index contributed by atoms with van der Waals surface area (Å²) in [6, 6.07) is -0.907. The minimum Gasteiger partial charge on any atom is -0.394 e. The molecule has 0 saturated carbocycles. The van der Waals surface area contributed by atoms with Crippen molar-refractivity contribution in [2.45, 2.75) is 306 Å². The van der Waals surface area contributed by atoms with E-state index in [2.05, 4.69) is 19.2 Å². The molecule has 14 nitrogen and oxygen atoms in total. The topological polar surface area (TPSA) is 228 Å². The van der Waals surface area contributed by atoms with Crippen LogP contribution in [0.1, 0.15) is 232 Å². The Balaban J connectivity index is 1.73. The third-order valence-electron chi connectivity index (χ3n) is 14.0. The van der Waals surface area contributed by atoms with Crippen molar-refractivity contribution >= 4 is 5.91 Å². The summed E-state index contributed by atoms with van der Waals surface area (Å²) in [5.74, 6) is -0.236. The zero-order chi connectivity index (χ0) is 49.6. The summed E-state index contributed by atoms with van der Waals surface area (Å²) in [5, 5.41) is 86.8. The Hall–Kier alpha value is -1.27. The van der Waals surface area contributed by atoms with Crippen LogP contribution in [-0.2, 0) is 23.7 Å². The van der Waals surface area contributed by atoms with E-state index in [-0.39, 0.29) is 18.9 Å². The molecule has 0 radical (unpaired) electrons. The number of amides is 1. The molecule has 0 bridgehead atoms. The second kappa shape index (κ2) is 41.2. The van der Waals surface area contributed by atoms with E-state index < -0.39 is 86.8 Å². The monoisotopic (exact) mass is 974 g/mol. The van der Waals surface area contributed by atoms with Gasteiger partial charge in [-0.25, -0.2) is 0 Å². The van der Waals surface area contributed by atoms with Crippen LogP contribution in [0.4, 0.5) is 0 Å². The van der Waals surface area contributed by atoms with E-state index >= 15 is 0 Å². The van der Waals surface area contributed by atoms with E-state index in [1.807, 2.05) is 6.08 Å². The predicted molar refractivity (Wildman–Crippen MR) is 268 cm³/mol. The quantitative estimate of drug-likeness (QED) is 0.0207. The molecule has 0 aliphatic carbocycles. The minimum atomic E-state index is -1.78. The van der Waals surface area contributed by atoms with Gasteiger partial charge in [0.05, 0.1) is 32.0 Å². The fourth-order valence-electron chi connectivity index (χ4n) is 9.41. The minimum absolute atomic E-state index is 0.236. The number of aliphatic hydroxyl groups excluding tert-OH is 8. The van der Waals surface area contributed by atoms with Gasteiger partial charge in [-0.1, -0.05) is 219 Å². The Morgan fingerprint density at radius 3 is 1.35 bits per heavy atom. The van der Waals surface area contributed by atoms with Crippen molar-refractivity contribution in [2.75, 3.05) is 19.8 Å². The van der Waals surface area contributed by atoms with Crippen LogP contribution >= 0.6 is 0 Å². The van der Waals surface area contributed by atoms with Crippen molar-refractivity contribution in [3.05, 3.63) is 12.2 Å². The normalized spacial score (nSPS) is 26.4. The Bertz CT molecular complexity index is 1200. The molecule has 402 valence electrons. The second-order valence-corrected chi connectivity index (χ2v) is 20.1. The van der Waals surface area contributed by atoms with Crippen molar-refractivity contribution in [3.8, 4) is 0 Å². The Morgan fingerprint density at radius 2 is 0.912 bits per heavy atom. The smallest absolute Gasteiger partial charge is 0.220 e. The molecule has 0 spiro atoms. The van der Waals surface area contributed by atoms with Crippen LogP contribution in [0.15, 0.2) is 12.2 Å². The maximum Gasteiger partial charge on any atom is 0.220 e. The van der Waals surface area contributed by atoms with Gasteiger partial charge in [0, 0.05) is 6.42 Å². The number of hydrogen-bond acceptors (Lipinski definition) is 13. The number of carbonyl (C=O) groups excluding carboxylic acids is 1. The van der Waals surface area contributed by atoms with Crippen LogP contribution in [-0.4, -0.2) is 140 Å². The van der Waals surface area contributed by atoms with Crippen LogP contribution in [0.2, 0.25) is 0 Å². The Kier molecular flexibility index (Phi) is 38.1. The number of carbonyl (C=O) groups is 1. The fraction of sp³-hybridized carbons (Fsp3) is 0.944. The van der Waals surface area contributed by atoms with Crippen molar-refractivity contribution in [3.63, 3.8) is 0 Å². The number of aliphatic hydroxyl groups is 8. The molecule has 2 saturated heterocycles. The van der Waals surface area contributed by atoms with Crippen molar-refractivity contribution < 1.29 is 64.6 Å². The second-order valence-electron chi connectivity index (χ2n) is 20.1. The molecule has 2 rings (SSSR count). The summed E-state index contributed by atoms with van der Waals surface area (Å²) in [6.45, 7) is 2.79. The van der Waals surface area contributed by atoms with Crippen LogP contribution in [0, 0.1) is 0 Å². The van der Waals surface area contributed by atoms with Gasteiger partial charge in [-0.15, -0.1) is 0 Å². The molecule has 68 heavy (non-hydrogen) atoms. The summed E-state index contributed by atoms with van der Waals surface area (Å²) in [5.41, 5.74) is 0. The Labute approximate surface area is 412 Å². The van der Waals surface area contributed by atoms with Gasteiger partial charge in [-0.05, 0) is 19.3 Å². The SMILES string of the molecule is CCCCCCCCCCC/C=C/C(O)C(COC1OC(CO)C(OC2OC(CO)C(O)C(O)C2O)C(O)C1O)NC(=O)CCCCCCCCCCCCCCCCCCCCCCCCC. The highest BCUT2D eigenvalue weighted by Gasteiger charge is 2.51. The van der Waals surface area contributed by atoms with Gasteiger partial charge in [-0.2, -0.15) is 0 Å². The molecular formula is C54H103NO13. The van der Waals surface area contributed by atoms with Crippen LogP contribution in [0.5, 0.6) is 0 Å².